The van der Waals surface area contributed by atoms with E-state index in [-0.39, 0.29) is 0 Å². The van der Waals surface area contributed by atoms with E-state index in [0.29, 0.717) is 6.42 Å². The number of benzene rings is 1. The number of nitriles is 1. The lowest BCUT2D eigenvalue weighted by Crippen LogP contribution is -1.82. The molecule has 3 rings (SSSR count). The maximum Gasteiger partial charge on any atom is 0.126 e. The first-order valence-corrected chi connectivity index (χ1v) is 7.01. The first-order chi connectivity index (χ1) is 9.29. The molecule has 1 aromatic carbocycles. The van der Waals surface area contributed by atoms with Crippen molar-refractivity contribution in [3.8, 4) is 16.6 Å². The van der Waals surface area contributed by atoms with Gasteiger partial charge in [-0.15, -0.1) is 11.3 Å². The number of thiazole rings is 1. The predicted molar refractivity (Wildman–Crippen MR) is 78.1 cm³/mol. The van der Waals surface area contributed by atoms with Crippen molar-refractivity contribution < 1.29 is 0 Å². The summed E-state index contributed by atoms with van der Waals surface area (Å²) >= 11 is 1.69. The highest BCUT2D eigenvalue weighted by Crippen LogP contribution is 2.33. The van der Waals surface area contributed by atoms with E-state index in [2.05, 4.69) is 28.2 Å². The Balaban J connectivity index is 2.05. The highest BCUT2D eigenvalue weighted by atomic mass is 32.1. The Bertz CT molecular complexity index is 761. The molecule has 0 atom stereocenters. The third kappa shape index (κ3) is 2.13. The smallest absolute Gasteiger partial charge is 0.126 e. The summed E-state index contributed by atoms with van der Waals surface area (Å²) in [6.07, 6.45) is 3.36. The van der Waals surface area contributed by atoms with E-state index in [1.165, 1.54) is 10.3 Å². The van der Waals surface area contributed by atoms with Crippen molar-refractivity contribution in [1.29, 1.82) is 5.26 Å². The molecule has 94 valence electrons. The molecule has 3 nitrogen and oxygen atoms in total. The van der Waals surface area contributed by atoms with E-state index >= 15 is 0 Å². The van der Waals surface area contributed by atoms with Gasteiger partial charge in [0.2, 0.25) is 0 Å². The fourth-order valence-electron chi connectivity index (χ4n) is 2.19. The van der Waals surface area contributed by atoms with E-state index in [9.17, 15) is 0 Å². The Kier molecular flexibility index (Phi) is 3.06. The van der Waals surface area contributed by atoms with Gasteiger partial charge in [0.15, 0.2) is 0 Å². The quantitative estimate of drug-likeness (QED) is 0.778. The number of para-hydroxylation sites is 1. The molecule has 0 saturated heterocycles. The van der Waals surface area contributed by atoms with Crippen LogP contribution in [0.2, 0.25) is 0 Å². The highest BCUT2D eigenvalue weighted by Gasteiger charge is 2.12. The predicted octanol–water partition coefficient (Wildman–Crippen LogP) is 4.06. The molecule has 2 aromatic heterocycles. The second-order valence-corrected chi connectivity index (χ2v) is 5.52. The molecular formula is C15H13N3S. The topological polar surface area (TPSA) is 52.5 Å². The Morgan fingerprint density at radius 3 is 3.05 bits per heavy atom. The van der Waals surface area contributed by atoms with Crippen LogP contribution in [0.25, 0.3) is 21.5 Å². The van der Waals surface area contributed by atoms with Crippen LogP contribution in [0.5, 0.6) is 0 Å². The molecule has 0 saturated carbocycles. The van der Waals surface area contributed by atoms with E-state index in [0.717, 1.165) is 28.2 Å². The Morgan fingerprint density at radius 1 is 1.37 bits per heavy atom. The van der Waals surface area contributed by atoms with Crippen LogP contribution in [0.4, 0.5) is 0 Å². The fourth-order valence-corrected chi connectivity index (χ4v) is 3.29. The summed E-state index contributed by atoms with van der Waals surface area (Å²) < 4.78 is 0. The minimum Gasteiger partial charge on any atom is -0.360 e. The lowest BCUT2D eigenvalue weighted by atomic mass is 10.2. The van der Waals surface area contributed by atoms with Crippen LogP contribution in [0.15, 0.2) is 30.5 Å². The van der Waals surface area contributed by atoms with Crippen molar-refractivity contribution in [2.75, 3.05) is 0 Å². The molecule has 0 radical (unpaired) electrons. The Hall–Kier alpha value is -2.12. The van der Waals surface area contributed by atoms with Crippen LogP contribution in [0, 0.1) is 18.3 Å². The number of aromatic amines is 1. The molecule has 1 N–H and O–H groups in total. The maximum atomic E-state index is 8.68. The summed E-state index contributed by atoms with van der Waals surface area (Å²) in [4.78, 5) is 9.13. The third-order valence-corrected chi connectivity index (χ3v) is 4.43. The molecule has 3 aromatic rings. The summed E-state index contributed by atoms with van der Waals surface area (Å²) in [6.45, 7) is 2.02. The number of nitrogens with zero attached hydrogens (tertiary/aromatic N) is 2. The zero-order valence-electron chi connectivity index (χ0n) is 10.6. The summed E-state index contributed by atoms with van der Waals surface area (Å²) in [5, 5.41) is 10.9. The summed E-state index contributed by atoms with van der Waals surface area (Å²) in [7, 11) is 0. The van der Waals surface area contributed by atoms with Gasteiger partial charge in [0.25, 0.3) is 0 Å². The molecule has 0 aliphatic carbocycles. The first-order valence-electron chi connectivity index (χ1n) is 6.19. The first kappa shape index (κ1) is 11.9. The largest absolute Gasteiger partial charge is 0.360 e. The number of fused-ring (bicyclic) bond motifs is 1. The minimum absolute atomic E-state index is 0.552. The lowest BCUT2D eigenvalue weighted by molar-refractivity contribution is 1.01. The van der Waals surface area contributed by atoms with Gasteiger partial charge in [-0.25, -0.2) is 4.98 Å². The SMILES string of the molecule is Cc1nc(-c2c[nH]c3ccccc23)sc1CCC#N. The average Bonchev–Trinajstić information content (AvgIpc) is 3.00. The Labute approximate surface area is 115 Å². The molecule has 4 heteroatoms. The average molecular weight is 267 g/mol. The number of hydrogen-bond acceptors (Lipinski definition) is 3. The van der Waals surface area contributed by atoms with Crippen molar-refractivity contribution in [2.45, 2.75) is 19.8 Å². The monoisotopic (exact) mass is 267 g/mol. The number of hydrogen-bond donors (Lipinski definition) is 1. The number of aryl methyl sites for hydroxylation is 2. The van der Waals surface area contributed by atoms with E-state index in [1.807, 2.05) is 25.3 Å². The summed E-state index contributed by atoms with van der Waals surface area (Å²) in [5.74, 6) is 0. The van der Waals surface area contributed by atoms with E-state index in [1.54, 1.807) is 11.3 Å². The van der Waals surface area contributed by atoms with Crippen molar-refractivity contribution in [3.05, 3.63) is 41.0 Å². The summed E-state index contributed by atoms with van der Waals surface area (Å²) in [6, 6.07) is 10.4. The van der Waals surface area contributed by atoms with Gasteiger partial charge in [0.1, 0.15) is 5.01 Å². The number of rotatable bonds is 3. The van der Waals surface area contributed by atoms with Gasteiger partial charge >= 0.3 is 0 Å². The van der Waals surface area contributed by atoms with Crippen LogP contribution < -0.4 is 0 Å². The second-order valence-electron chi connectivity index (χ2n) is 4.43. The minimum atomic E-state index is 0.552. The van der Waals surface area contributed by atoms with Crippen LogP contribution >= 0.6 is 11.3 Å². The number of aromatic nitrogens is 2. The molecule has 0 amide bonds. The van der Waals surface area contributed by atoms with Crippen LogP contribution in [0.3, 0.4) is 0 Å². The van der Waals surface area contributed by atoms with Gasteiger partial charge in [0.05, 0.1) is 11.8 Å². The molecular weight excluding hydrogens is 254 g/mol. The van der Waals surface area contributed by atoms with Gasteiger partial charge < -0.3 is 4.98 Å². The molecule has 2 heterocycles. The zero-order chi connectivity index (χ0) is 13.2. The van der Waals surface area contributed by atoms with Gasteiger partial charge in [-0.2, -0.15) is 5.26 Å². The van der Waals surface area contributed by atoms with Gasteiger partial charge in [0, 0.05) is 34.0 Å². The van der Waals surface area contributed by atoms with Crippen molar-refractivity contribution in [1.82, 2.24) is 9.97 Å². The van der Waals surface area contributed by atoms with Crippen LogP contribution in [-0.4, -0.2) is 9.97 Å². The zero-order valence-corrected chi connectivity index (χ0v) is 11.4. The normalized spacial score (nSPS) is 10.7. The lowest BCUT2D eigenvalue weighted by Gasteiger charge is -1.92. The Morgan fingerprint density at radius 2 is 2.21 bits per heavy atom. The fraction of sp³-hybridized carbons (Fsp3) is 0.200. The maximum absolute atomic E-state index is 8.68. The van der Waals surface area contributed by atoms with Gasteiger partial charge in [-0.05, 0) is 19.4 Å². The van der Waals surface area contributed by atoms with Crippen molar-refractivity contribution >= 4 is 22.2 Å². The van der Waals surface area contributed by atoms with Crippen LogP contribution in [-0.2, 0) is 6.42 Å². The molecule has 0 unspecified atom stereocenters. The summed E-state index contributed by atoms with van der Waals surface area (Å²) in [5.41, 5.74) is 3.32. The number of H-pyrrole nitrogens is 1. The van der Waals surface area contributed by atoms with Crippen molar-refractivity contribution in [2.24, 2.45) is 0 Å². The standard InChI is InChI=1S/C15H13N3S/c1-10-14(7-4-8-16)19-15(18-10)12-9-17-13-6-3-2-5-11(12)13/h2-3,5-6,9,17H,4,7H2,1H3. The molecule has 0 bridgehead atoms. The van der Waals surface area contributed by atoms with Crippen LogP contribution in [0.1, 0.15) is 17.0 Å². The molecule has 0 fully saturated rings. The molecule has 19 heavy (non-hydrogen) atoms. The van der Waals surface area contributed by atoms with Crippen molar-refractivity contribution in [3.63, 3.8) is 0 Å². The van der Waals surface area contributed by atoms with Gasteiger partial charge in [-0.3, -0.25) is 0 Å². The van der Waals surface area contributed by atoms with E-state index in [4.69, 9.17) is 5.26 Å². The van der Waals surface area contributed by atoms with E-state index < -0.39 is 0 Å². The second kappa shape index (κ2) is 4.87. The molecule has 0 spiro atoms. The third-order valence-electron chi connectivity index (χ3n) is 3.18. The van der Waals surface area contributed by atoms with Gasteiger partial charge in [-0.1, -0.05) is 18.2 Å². The highest BCUT2D eigenvalue weighted by molar-refractivity contribution is 7.15. The molecule has 0 aliphatic heterocycles. The number of nitrogens with one attached hydrogen (secondary N) is 1. The molecule has 0 aliphatic rings.